The predicted octanol–water partition coefficient (Wildman–Crippen LogP) is 6.38. The molecule has 0 amide bonds. The Balaban J connectivity index is 2.20. The van der Waals surface area contributed by atoms with Crippen molar-refractivity contribution in [2.45, 2.75) is 92.3 Å². The molecule has 2 aliphatic rings. The van der Waals surface area contributed by atoms with Gasteiger partial charge in [-0.25, -0.2) is 0 Å². The van der Waals surface area contributed by atoms with Crippen LogP contribution < -0.4 is 0 Å². The summed E-state index contributed by atoms with van der Waals surface area (Å²) in [5.41, 5.74) is 1.48. The van der Waals surface area contributed by atoms with Gasteiger partial charge in [-0.2, -0.15) is 0 Å². The lowest BCUT2D eigenvalue weighted by molar-refractivity contribution is -0.136. The van der Waals surface area contributed by atoms with Gasteiger partial charge in [0.25, 0.3) is 0 Å². The SMILES string of the molecule is CC1=CC(=O)[C@H]2C(C)(C)CCC[C@]2(C)[C@H]1CCO[Si](C)(C)C(C)(C)C. The second kappa shape index (κ2) is 6.63. The molecule has 2 aliphatic carbocycles. The maximum absolute atomic E-state index is 12.9. The Morgan fingerprint density at radius 2 is 1.80 bits per heavy atom. The first-order valence-corrected chi connectivity index (χ1v) is 13.0. The van der Waals surface area contributed by atoms with E-state index in [1.54, 1.807) is 0 Å². The van der Waals surface area contributed by atoms with E-state index in [1.165, 1.54) is 24.8 Å². The molecule has 0 aromatic heterocycles. The lowest BCUT2D eigenvalue weighted by atomic mass is 9.48. The van der Waals surface area contributed by atoms with Crippen LogP contribution in [0.5, 0.6) is 0 Å². The van der Waals surface area contributed by atoms with E-state index in [0.29, 0.717) is 11.7 Å². The van der Waals surface area contributed by atoms with Crippen LogP contribution in [0.4, 0.5) is 0 Å². The third-order valence-electron chi connectivity index (χ3n) is 7.65. The van der Waals surface area contributed by atoms with Crippen LogP contribution in [0.25, 0.3) is 0 Å². The summed E-state index contributed by atoms with van der Waals surface area (Å²) in [7, 11) is -1.71. The van der Waals surface area contributed by atoms with Crippen molar-refractivity contribution in [2.24, 2.45) is 22.7 Å². The van der Waals surface area contributed by atoms with Gasteiger partial charge in [0, 0.05) is 12.5 Å². The number of carbonyl (C=O) groups is 1. The van der Waals surface area contributed by atoms with Crippen LogP contribution in [-0.2, 0) is 9.22 Å². The second-order valence-corrected chi connectivity index (χ2v) is 15.8. The normalized spacial score (nSPS) is 33.0. The van der Waals surface area contributed by atoms with Crippen molar-refractivity contribution in [1.82, 2.24) is 0 Å². The van der Waals surface area contributed by atoms with E-state index in [4.69, 9.17) is 4.43 Å². The number of ketones is 1. The quantitative estimate of drug-likeness (QED) is 0.541. The van der Waals surface area contributed by atoms with Crippen LogP contribution in [0.3, 0.4) is 0 Å². The van der Waals surface area contributed by atoms with E-state index in [2.05, 4.69) is 61.6 Å². The van der Waals surface area contributed by atoms with Crippen LogP contribution in [0.15, 0.2) is 11.6 Å². The molecule has 0 aromatic rings. The molecule has 0 spiro atoms. The summed E-state index contributed by atoms with van der Waals surface area (Å²) in [6.07, 6.45) is 6.57. The van der Waals surface area contributed by atoms with Gasteiger partial charge in [-0.3, -0.25) is 4.79 Å². The molecule has 3 heteroatoms. The molecule has 2 rings (SSSR count). The van der Waals surface area contributed by atoms with E-state index in [9.17, 15) is 4.79 Å². The fourth-order valence-electron chi connectivity index (χ4n) is 5.33. The number of fused-ring (bicyclic) bond motifs is 1. The summed E-state index contributed by atoms with van der Waals surface area (Å²) in [5.74, 6) is 1.00. The Kier molecular flexibility index (Phi) is 5.54. The molecule has 0 aromatic carbocycles. The number of rotatable bonds is 4. The molecule has 3 atom stereocenters. The third kappa shape index (κ3) is 3.83. The zero-order valence-corrected chi connectivity index (χ0v) is 19.1. The molecule has 0 saturated heterocycles. The first-order chi connectivity index (χ1) is 11.2. The molecule has 0 N–H and O–H groups in total. The summed E-state index contributed by atoms with van der Waals surface area (Å²) in [6, 6.07) is 0. The fourth-order valence-corrected chi connectivity index (χ4v) is 6.39. The average molecular weight is 365 g/mol. The van der Waals surface area contributed by atoms with E-state index in [0.717, 1.165) is 13.0 Å². The average Bonchev–Trinajstić information content (AvgIpc) is 2.39. The Labute approximate surface area is 156 Å². The van der Waals surface area contributed by atoms with Gasteiger partial charge in [-0.05, 0) is 67.1 Å². The number of carbonyl (C=O) groups excluding carboxylic acids is 1. The zero-order valence-electron chi connectivity index (χ0n) is 18.1. The van der Waals surface area contributed by atoms with Crippen LogP contribution in [0.2, 0.25) is 18.1 Å². The smallest absolute Gasteiger partial charge is 0.191 e. The van der Waals surface area contributed by atoms with Gasteiger partial charge in [-0.15, -0.1) is 0 Å². The van der Waals surface area contributed by atoms with E-state index >= 15 is 0 Å². The molecule has 0 unspecified atom stereocenters. The second-order valence-electron chi connectivity index (χ2n) is 11.0. The highest BCUT2D eigenvalue weighted by Crippen LogP contribution is 2.59. The van der Waals surface area contributed by atoms with Gasteiger partial charge in [0.1, 0.15) is 0 Å². The molecular formula is C22H40O2Si. The highest BCUT2D eigenvalue weighted by atomic mass is 28.4. The van der Waals surface area contributed by atoms with Gasteiger partial charge >= 0.3 is 0 Å². The first-order valence-electron chi connectivity index (χ1n) is 10.1. The summed E-state index contributed by atoms with van der Waals surface area (Å²) < 4.78 is 6.48. The van der Waals surface area contributed by atoms with Crippen LogP contribution in [0.1, 0.15) is 74.1 Å². The standard InChI is InChI=1S/C22H40O2Si/c1-16-15-18(23)19-21(5,6)12-10-13-22(19,7)17(16)11-14-24-25(8,9)20(2,3)4/h15,17,19H,10-14H2,1-9H3/t17-,19-,22+/m0/s1. The topological polar surface area (TPSA) is 26.3 Å². The minimum Gasteiger partial charge on any atom is -0.417 e. The largest absolute Gasteiger partial charge is 0.417 e. The molecule has 2 nitrogen and oxygen atoms in total. The van der Waals surface area contributed by atoms with Crippen molar-refractivity contribution in [3.63, 3.8) is 0 Å². The van der Waals surface area contributed by atoms with E-state index < -0.39 is 8.32 Å². The Bertz CT molecular complexity index is 553. The van der Waals surface area contributed by atoms with Crippen LogP contribution in [-0.4, -0.2) is 20.7 Å². The molecule has 0 heterocycles. The van der Waals surface area contributed by atoms with E-state index in [-0.39, 0.29) is 21.8 Å². The van der Waals surface area contributed by atoms with Gasteiger partial charge in [0.2, 0.25) is 0 Å². The fraction of sp³-hybridized carbons (Fsp3) is 0.864. The first kappa shape index (κ1) is 20.9. The zero-order chi connectivity index (χ0) is 19.3. The molecule has 1 saturated carbocycles. The Morgan fingerprint density at radius 1 is 1.20 bits per heavy atom. The number of hydrogen-bond donors (Lipinski definition) is 0. The summed E-state index contributed by atoms with van der Waals surface area (Å²) >= 11 is 0. The monoisotopic (exact) mass is 364 g/mol. The van der Waals surface area contributed by atoms with Gasteiger partial charge in [-0.1, -0.05) is 53.5 Å². The predicted molar refractivity (Wildman–Crippen MR) is 109 cm³/mol. The molecule has 0 aliphatic heterocycles. The maximum atomic E-state index is 12.9. The maximum Gasteiger partial charge on any atom is 0.191 e. The highest BCUT2D eigenvalue weighted by Gasteiger charge is 2.55. The van der Waals surface area contributed by atoms with Crippen LogP contribution >= 0.6 is 0 Å². The van der Waals surface area contributed by atoms with Gasteiger partial charge in [0.05, 0.1) is 0 Å². The van der Waals surface area contributed by atoms with Crippen molar-refractivity contribution in [3.05, 3.63) is 11.6 Å². The molecule has 0 bridgehead atoms. The van der Waals surface area contributed by atoms with Crippen molar-refractivity contribution >= 4 is 14.1 Å². The molecule has 0 radical (unpaired) electrons. The molecule has 1 fully saturated rings. The molecule has 25 heavy (non-hydrogen) atoms. The van der Waals surface area contributed by atoms with E-state index in [1.807, 2.05) is 6.08 Å². The van der Waals surface area contributed by atoms with Gasteiger partial charge in [0.15, 0.2) is 14.1 Å². The lowest BCUT2D eigenvalue weighted by Gasteiger charge is -2.55. The summed E-state index contributed by atoms with van der Waals surface area (Å²) in [6.45, 7) is 21.5. The minimum atomic E-state index is -1.71. The molecule has 144 valence electrons. The lowest BCUT2D eigenvalue weighted by Crippen LogP contribution is -2.52. The van der Waals surface area contributed by atoms with Crippen molar-refractivity contribution < 1.29 is 9.22 Å². The minimum absolute atomic E-state index is 0.0917. The third-order valence-corrected chi connectivity index (χ3v) is 12.2. The van der Waals surface area contributed by atoms with Crippen molar-refractivity contribution in [2.75, 3.05) is 6.61 Å². The molecular weight excluding hydrogens is 324 g/mol. The van der Waals surface area contributed by atoms with Gasteiger partial charge < -0.3 is 4.43 Å². The Morgan fingerprint density at radius 3 is 2.36 bits per heavy atom. The summed E-state index contributed by atoms with van der Waals surface area (Å²) in [4.78, 5) is 12.9. The number of hydrogen-bond acceptors (Lipinski definition) is 2. The summed E-state index contributed by atoms with van der Waals surface area (Å²) in [5, 5.41) is 0.250. The van der Waals surface area contributed by atoms with Crippen LogP contribution in [0, 0.1) is 22.7 Å². The number of allylic oxidation sites excluding steroid dienone is 2. The van der Waals surface area contributed by atoms with Crippen molar-refractivity contribution in [3.8, 4) is 0 Å². The highest BCUT2D eigenvalue weighted by molar-refractivity contribution is 6.74. The Hall–Kier alpha value is -0.413. The van der Waals surface area contributed by atoms with Crippen molar-refractivity contribution in [1.29, 1.82) is 0 Å².